The summed E-state index contributed by atoms with van der Waals surface area (Å²) >= 11 is 0. The van der Waals surface area contributed by atoms with E-state index in [1.165, 1.54) is 7.11 Å². The molecule has 9 heteroatoms. The first-order valence-electron chi connectivity index (χ1n) is 11.7. The Bertz CT molecular complexity index is 1260. The van der Waals surface area contributed by atoms with Gasteiger partial charge in [-0.2, -0.15) is 0 Å². The van der Waals surface area contributed by atoms with E-state index in [0.717, 1.165) is 28.6 Å². The highest BCUT2D eigenvalue weighted by molar-refractivity contribution is 6.01. The second-order valence-electron chi connectivity index (χ2n) is 8.73. The molecule has 4 heterocycles. The van der Waals surface area contributed by atoms with Crippen molar-refractivity contribution >= 4 is 28.5 Å². The fourth-order valence-corrected chi connectivity index (χ4v) is 4.78. The maximum atomic E-state index is 13.8. The molecule has 3 aromatic rings. The number of esters is 1. The zero-order chi connectivity index (χ0) is 24.5. The number of rotatable bonds is 4. The molecule has 1 aromatic carbocycles. The quantitative estimate of drug-likeness (QED) is 0.531. The van der Waals surface area contributed by atoms with Gasteiger partial charge in [0, 0.05) is 31.7 Å². The molecule has 1 fully saturated rings. The van der Waals surface area contributed by atoms with Crippen LogP contribution in [0, 0.1) is 0 Å². The Balaban J connectivity index is 1.45. The number of aromatic nitrogens is 2. The molecule has 0 spiro atoms. The van der Waals surface area contributed by atoms with Crippen molar-refractivity contribution < 1.29 is 23.8 Å². The van der Waals surface area contributed by atoms with Gasteiger partial charge in [0.2, 0.25) is 0 Å². The molecule has 2 aromatic heterocycles. The summed E-state index contributed by atoms with van der Waals surface area (Å²) in [6.07, 6.45) is 4.58. The SMILES string of the molecule is CCc1cnc2cc3c(cc2c1)OCCC1CN(c2ccc(C(=O)OC)nc2)C[C@@H](OC)N1C3=O. The van der Waals surface area contributed by atoms with Crippen molar-refractivity contribution in [1.29, 1.82) is 0 Å². The molecule has 2 aliphatic rings. The van der Waals surface area contributed by atoms with Crippen molar-refractivity contribution in [3.63, 3.8) is 0 Å². The minimum absolute atomic E-state index is 0.124. The van der Waals surface area contributed by atoms with E-state index in [-0.39, 0.29) is 17.6 Å². The van der Waals surface area contributed by atoms with E-state index in [1.807, 2.05) is 29.3 Å². The van der Waals surface area contributed by atoms with Crippen molar-refractivity contribution in [2.45, 2.75) is 32.0 Å². The highest BCUT2D eigenvalue weighted by Crippen LogP contribution is 2.33. The van der Waals surface area contributed by atoms with Gasteiger partial charge in [-0.05, 0) is 42.3 Å². The number of carbonyl (C=O) groups excluding carboxylic acids is 2. The maximum Gasteiger partial charge on any atom is 0.356 e. The van der Waals surface area contributed by atoms with Crippen LogP contribution in [0.1, 0.15) is 39.8 Å². The summed E-state index contributed by atoms with van der Waals surface area (Å²) in [7, 11) is 2.94. The number of aryl methyl sites for hydroxylation is 1. The molecule has 0 N–H and O–H groups in total. The minimum atomic E-state index is -0.481. The van der Waals surface area contributed by atoms with Crippen molar-refractivity contribution in [1.82, 2.24) is 14.9 Å². The number of anilines is 1. The number of carbonyl (C=O) groups is 2. The van der Waals surface area contributed by atoms with Gasteiger partial charge in [-0.1, -0.05) is 6.92 Å². The van der Waals surface area contributed by atoms with E-state index < -0.39 is 12.2 Å². The normalized spacial score (nSPS) is 19.9. The predicted molar refractivity (Wildman–Crippen MR) is 130 cm³/mol. The number of methoxy groups -OCH3 is 2. The molecule has 1 amide bonds. The van der Waals surface area contributed by atoms with Crippen molar-refractivity contribution in [3.05, 3.63) is 59.5 Å². The van der Waals surface area contributed by atoms with Crippen LogP contribution in [0.5, 0.6) is 5.75 Å². The average molecular weight is 477 g/mol. The van der Waals surface area contributed by atoms with E-state index in [1.54, 1.807) is 19.4 Å². The summed E-state index contributed by atoms with van der Waals surface area (Å²) in [5, 5.41) is 0.962. The van der Waals surface area contributed by atoms with Gasteiger partial charge in [-0.25, -0.2) is 9.78 Å². The van der Waals surface area contributed by atoms with E-state index >= 15 is 0 Å². The molecule has 35 heavy (non-hydrogen) atoms. The Kier molecular flexibility index (Phi) is 6.25. The van der Waals surface area contributed by atoms with Crippen molar-refractivity contribution in [2.75, 3.05) is 38.8 Å². The highest BCUT2D eigenvalue weighted by atomic mass is 16.5. The van der Waals surface area contributed by atoms with E-state index in [9.17, 15) is 9.59 Å². The van der Waals surface area contributed by atoms with E-state index in [0.29, 0.717) is 37.4 Å². The van der Waals surface area contributed by atoms with Gasteiger partial charge in [0.25, 0.3) is 5.91 Å². The second-order valence-corrected chi connectivity index (χ2v) is 8.73. The smallest absolute Gasteiger partial charge is 0.356 e. The molecular weight excluding hydrogens is 448 g/mol. The number of piperazine rings is 1. The van der Waals surface area contributed by atoms with Crippen LogP contribution < -0.4 is 9.64 Å². The van der Waals surface area contributed by atoms with Gasteiger partial charge in [-0.3, -0.25) is 9.78 Å². The lowest BCUT2D eigenvalue weighted by atomic mass is 10.0. The van der Waals surface area contributed by atoms with Crippen LogP contribution in [0.15, 0.2) is 42.7 Å². The summed E-state index contributed by atoms with van der Waals surface area (Å²) in [5.41, 5.74) is 3.49. The monoisotopic (exact) mass is 476 g/mol. The third kappa shape index (κ3) is 4.27. The first-order valence-corrected chi connectivity index (χ1v) is 11.7. The predicted octanol–water partition coefficient (Wildman–Crippen LogP) is 3.06. The largest absolute Gasteiger partial charge is 0.493 e. The average Bonchev–Trinajstić information content (AvgIpc) is 2.90. The summed E-state index contributed by atoms with van der Waals surface area (Å²) < 4.78 is 16.6. The molecule has 2 aliphatic heterocycles. The molecule has 1 saturated heterocycles. The van der Waals surface area contributed by atoms with Gasteiger partial charge in [-0.15, -0.1) is 0 Å². The van der Waals surface area contributed by atoms with E-state index in [2.05, 4.69) is 27.9 Å². The van der Waals surface area contributed by atoms with Crippen molar-refractivity contribution in [3.8, 4) is 5.75 Å². The number of pyridine rings is 2. The molecular formula is C26H28N4O5. The molecule has 0 aliphatic carbocycles. The molecule has 9 nitrogen and oxygen atoms in total. The van der Waals surface area contributed by atoms with Crippen molar-refractivity contribution in [2.24, 2.45) is 0 Å². The van der Waals surface area contributed by atoms with E-state index in [4.69, 9.17) is 14.2 Å². The van der Waals surface area contributed by atoms with Crippen LogP contribution in [-0.4, -0.2) is 72.9 Å². The molecule has 0 saturated carbocycles. The first kappa shape index (κ1) is 23.0. The topological polar surface area (TPSA) is 94.1 Å². The number of ether oxygens (including phenoxy) is 3. The molecule has 5 rings (SSSR count). The van der Waals surface area contributed by atoms with Crippen LogP contribution in [0.2, 0.25) is 0 Å². The van der Waals surface area contributed by atoms with Crippen LogP contribution in [0.4, 0.5) is 5.69 Å². The second kappa shape index (κ2) is 9.50. The molecule has 2 atom stereocenters. The number of fused-ring (bicyclic) bond motifs is 3. The van der Waals surface area contributed by atoms with Crippen LogP contribution in [-0.2, 0) is 15.9 Å². The summed E-state index contributed by atoms with van der Waals surface area (Å²) in [6, 6.07) is 9.18. The highest BCUT2D eigenvalue weighted by Gasteiger charge is 2.40. The third-order valence-corrected chi connectivity index (χ3v) is 6.71. The lowest BCUT2D eigenvalue weighted by molar-refractivity contribution is -0.0505. The zero-order valence-corrected chi connectivity index (χ0v) is 20.1. The first-order chi connectivity index (χ1) is 17.0. The minimum Gasteiger partial charge on any atom is -0.493 e. The Morgan fingerprint density at radius 1 is 1.14 bits per heavy atom. The zero-order valence-electron chi connectivity index (χ0n) is 20.1. The molecule has 1 unspecified atom stereocenters. The van der Waals surface area contributed by atoms with Crippen LogP contribution in [0.3, 0.4) is 0 Å². The fraction of sp³-hybridized carbons (Fsp3) is 0.385. The maximum absolute atomic E-state index is 13.8. The number of benzene rings is 1. The Morgan fingerprint density at radius 2 is 2.00 bits per heavy atom. The number of amides is 1. The number of hydrogen-bond acceptors (Lipinski definition) is 8. The fourth-order valence-electron chi connectivity index (χ4n) is 4.78. The van der Waals surface area contributed by atoms with Crippen LogP contribution >= 0.6 is 0 Å². The van der Waals surface area contributed by atoms with Crippen LogP contribution in [0.25, 0.3) is 10.9 Å². The summed E-state index contributed by atoms with van der Waals surface area (Å²) in [6.45, 7) is 3.62. The molecule has 0 radical (unpaired) electrons. The van der Waals surface area contributed by atoms with Gasteiger partial charge >= 0.3 is 5.97 Å². The number of nitrogens with zero attached hydrogens (tertiary/aromatic N) is 4. The molecule has 182 valence electrons. The molecule has 0 bridgehead atoms. The lowest BCUT2D eigenvalue weighted by Crippen LogP contribution is -2.62. The standard InChI is InChI=1S/C26H28N4O5/c1-4-16-9-17-10-23-20(11-22(17)27-12-16)25(31)30-19(7-8-35-23)14-29(15-24(30)33-2)18-5-6-21(28-13-18)26(32)34-3/h5-6,9-13,19,24H,4,7-8,14-15H2,1-3H3/t19?,24-/m1/s1. The Labute approximate surface area is 203 Å². The van der Waals surface area contributed by atoms with Gasteiger partial charge in [0.15, 0.2) is 0 Å². The van der Waals surface area contributed by atoms with Gasteiger partial charge < -0.3 is 24.0 Å². The third-order valence-electron chi connectivity index (χ3n) is 6.71. The lowest BCUT2D eigenvalue weighted by Gasteiger charge is -2.47. The summed E-state index contributed by atoms with van der Waals surface area (Å²) in [5.74, 6) is -0.0278. The Morgan fingerprint density at radius 3 is 2.71 bits per heavy atom. The van der Waals surface area contributed by atoms with Gasteiger partial charge in [0.1, 0.15) is 17.7 Å². The number of hydrogen-bond donors (Lipinski definition) is 0. The Hall–Kier alpha value is -3.72. The van der Waals surface area contributed by atoms with Gasteiger partial charge in [0.05, 0.1) is 49.3 Å². The summed E-state index contributed by atoms with van der Waals surface area (Å²) in [4.78, 5) is 38.3.